The van der Waals surface area contributed by atoms with Crippen molar-refractivity contribution in [3.05, 3.63) is 60.7 Å². The average molecular weight is 239 g/mol. The molecule has 94 valence electrons. The number of nitrogens with one attached hydrogen (secondary N) is 1. The van der Waals surface area contributed by atoms with Crippen LogP contribution < -0.4 is 5.32 Å². The van der Waals surface area contributed by atoms with E-state index in [1.807, 2.05) is 12.1 Å². The van der Waals surface area contributed by atoms with E-state index < -0.39 is 0 Å². The van der Waals surface area contributed by atoms with Crippen molar-refractivity contribution in [3.8, 4) is 11.1 Å². The zero-order valence-electron chi connectivity index (χ0n) is 10.8. The van der Waals surface area contributed by atoms with Crippen LogP contribution in [0.4, 0.5) is 0 Å². The van der Waals surface area contributed by atoms with E-state index in [1.165, 1.54) is 43.5 Å². The first kappa shape index (κ1) is 12.8. The van der Waals surface area contributed by atoms with Gasteiger partial charge in [0.05, 0.1) is 0 Å². The number of benzene rings is 2. The summed E-state index contributed by atoms with van der Waals surface area (Å²) >= 11 is 0. The van der Waals surface area contributed by atoms with Crippen LogP contribution in [0.1, 0.15) is 19.3 Å². The molecule has 1 N–H and O–H groups in total. The quantitative estimate of drug-likeness (QED) is 0.789. The van der Waals surface area contributed by atoms with Gasteiger partial charge in [0, 0.05) is 0 Å². The fourth-order valence-corrected chi connectivity index (χ4v) is 2.06. The fourth-order valence-electron chi connectivity index (χ4n) is 2.06. The van der Waals surface area contributed by atoms with Crippen LogP contribution in [-0.4, -0.2) is 13.1 Å². The molecule has 18 heavy (non-hydrogen) atoms. The monoisotopic (exact) mass is 239 g/mol. The lowest BCUT2D eigenvalue weighted by Crippen LogP contribution is -2.21. The second kappa shape index (κ2) is 7.67. The molecule has 1 aliphatic rings. The van der Waals surface area contributed by atoms with Crippen LogP contribution in [0, 0.1) is 0 Å². The molecule has 1 heteroatoms. The van der Waals surface area contributed by atoms with Gasteiger partial charge in [-0.3, -0.25) is 0 Å². The summed E-state index contributed by atoms with van der Waals surface area (Å²) in [5.41, 5.74) is 2.55. The molecule has 1 nitrogen and oxygen atoms in total. The molecular formula is C17H21N. The number of piperidine rings is 1. The second-order valence-corrected chi connectivity index (χ2v) is 4.54. The Labute approximate surface area is 110 Å². The Hall–Kier alpha value is -1.60. The minimum atomic E-state index is 1.25. The van der Waals surface area contributed by atoms with Gasteiger partial charge in [0.2, 0.25) is 0 Å². The third kappa shape index (κ3) is 4.34. The third-order valence-electron chi connectivity index (χ3n) is 3.09. The Balaban J connectivity index is 0.000000169. The lowest BCUT2D eigenvalue weighted by Gasteiger charge is -2.08. The molecular weight excluding hydrogens is 218 g/mol. The highest BCUT2D eigenvalue weighted by Gasteiger charge is 1.93. The summed E-state index contributed by atoms with van der Waals surface area (Å²) in [6.07, 6.45) is 4.22. The normalized spacial score (nSPS) is 14.4. The van der Waals surface area contributed by atoms with E-state index in [2.05, 4.69) is 53.8 Å². The highest BCUT2D eigenvalue weighted by Crippen LogP contribution is 2.17. The zero-order valence-corrected chi connectivity index (χ0v) is 10.8. The number of rotatable bonds is 1. The summed E-state index contributed by atoms with van der Waals surface area (Å²) in [7, 11) is 0. The minimum Gasteiger partial charge on any atom is -0.317 e. The molecule has 0 unspecified atom stereocenters. The topological polar surface area (TPSA) is 12.0 Å². The molecule has 0 bridgehead atoms. The maximum Gasteiger partial charge on any atom is -0.00489 e. The number of hydrogen-bond donors (Lipinski definition) is 1. The van der Waals surface area contributed by atoms with Gasteiger partial charge >= 0.3 is 0 Å². The summed E-state index contributed by atoms with van der Waals surface area (Å²) in [5.74, 6) is 0. The Morgan fingerprint density at radius 2 is 1.00 bits per heavy atom. The van der Waals surface area contributed by atoms with Gasteiger partial charge in [-0.1, -0.05) is 67.1 Å². The van der Waals surface area contributed by atoms with Gasteiger partial charge in [-0.2, -0.15) is 0 Å². The van der Waals surface area contributed by atoms with Crippen molar-refractivity contribution in [2.45, 2.75) is 19.3 Å². The molecule has 0 radical (unpaired) electrons. The first-order valence-corrected chi connectivity index (χ1v) is 6.78. The van der Waals surface area contributed by atoms with E-state index in [0.29, 0.717) is 0 Å². The van der Waals surface area contributed by atoms with Crippen LogP contribution in [0.15, 0.2) is 60.7 Å². The van der Waals surface area contributed by atoms with Crippen LogP contribution in [0.2, 0.25) is 0 Å². The van der Waals surface area contributed by atoms with E-state index in [-0.39, 0.29) is 0 Å². The lowest BCUT2D eigenvalue weighted by molar-refractivity contribution is 0.520. The Morgan fingerprint density at radius 1 is 0.556 bits per heavy atom. The van der Waals surface area contributed by atoms with Gasteiger partial charge in [-0.05, 0) is 37.1 Å². The van der Waals surface area contributed by atoms with E-state index in [0.717, 1.165) is 0 Å². The van der Waals surface area contributed by atoms with E-state index in [4.69, 9.17) is 0 Å². The molecule has 0 amide bonds. The van der Waals surface area contributed by atoms with Crippen molar-refractivity contribution in [2.24, 2.45) is 0 Å². The average Bonchev–Trinajstić information content (AvgIpc) is 2.51. The first-order valence-electron chi connectivity index (χ1n) is 6.78. The summed E-state index contributed by atoms with van der Waals surface area (Å²) in [6, 6.07) is 20.8. The summed E-state index contributed by atoms with van der Waals surface area (Å²) < 4.78 is 0. The Kier molecular flexibility index (Phi) is 5.48. The van der Waals surface area contributed by atoms with Crippen LogP contribution in [0.3, 0.4) is 0 Å². The molecule has 3 rings (SSSR count). The molecule has 2 aromatic rings. The highest BCUT2D eigenvalue weighted by molar-refractivity contribution is 5.62. The van der Waals surface area contributed by atoms with E-state index in [9.17, 15) is 0 Å². The highest BCUT2D eigenvalue weighted by atomic mass is 14.9. The molecule has 0 atom stereocenters. The molecule has 1 heterocycles. The molecule has 2 aromatic carbocycles. The number of hydrogen-bond acceptors (Lipinski definition) is 1. The Bertz CT molecular complexity index is 369. The molecule has 0 saturated carbocycles. The summed E-state index contributed by atoms with van der Waals surface area (Å²) in [5, 5.41) is 3.28. The Morgan fingerprint density at radius 3 is 1.28 bits per heavy atom. The summed E-state index contributed by atoms with van der Waals surface area (Å²) in [6.45, 7) is 2.50. The van der Waals surface area contributed by atoms with E-state index >= 15 is 0 Å². The maximum atomic E-state index is 3.28. The lowest BCUT2D eigenvalue weighted by atomic mass is 10.1. The van der Waals surface area contributed by atoms with Crippen LogP contribution in [0.25, 0.3) is 11.1 Å². The van der Waals surface area contributed by atoms with Gasteiger partial charge in [-0.25, -0.2) is 0 Å². The van der Waals surface area contributed by atoms with Crippen molar-refractivity contribution in [1.82, 2.24) is 5.32 Å². The predicted octanol–water partition coefficient (Wildman–Crippen LogP) is 4.11. The SMILES string of the molecule is C1CCNCC1.c1ccc(-c2ccccc2)cc1. The van der Waals surface area contributed by atoms with Crippen molar-refractivity contribution in [1.29, 1.82) is 0 Å². The zero-order chi connectivity index (χ0) is 12.5. The first-order chi connectivity index (χ1) is 8.97. The molecule has 0 spiro atoms. The molecule has 0 aliphatic carbocycles. The predicted molar refractivity (Wildman–Crippen MR) is 78.6 cm³/mol. The van der Waals surface area contributed by atoms with Gasteiger partial charge in [-0.15, -0.1) is 0 Å². The smallest absolute Gasteiger partial charge is 0.00489 e. The summed E-state index contributed by atoms with van der Waals surface area (Å²) in [4.78, 5) is 0. The van der Waals surface area contributed by atoms with Crippen LogP contribution >= 0.6 is 0 Å². The van der Waals surface area contributed by atoms with Gasteiger partial charge in [0.1, 0.15) is 0 Å². The van der Waals surface area contributed by atoms with Crippen molar-refractivity contribution in [3.63, 3.8) is 0 Å². The third-order valence-corrected chi connectivity index (χ3v) is 3.09. The van der Waals surface area contributed by atoms with Crippen LogP contribution in [0.5, 0.6) is 0 Å². The second-order valence-electron chi connectivity index (χ2n) is 4.54. The molecule has 1 fully saturated rings. The fraction of sp³-hybridized carbons (Fsp3) is 0.294. The molecule has 1 saturated heterocycles. The van der Waals surface area contributed by atoms with Gasteiger partial charge in [0.15, 0.2) is 0 Å². The standard InChI is InChI=1S/C12H10.C5H11N/c1-3-7-11(8-4-1)12-9-5-2-6-10-12;1-2-4-6-5-3-1/h1-10H;6H,1-5H2. The molecule has 0 aromatic heterocycles. The minimum absolute atomic E-state index is 1.25. The van der Waals surface area contributed by atoms with Crippen molar-refractivity contribution in [2.75, 3.05) is 13.1 Å². The largest absolute Gasteiger partial charge is 0.317 e. The van der Waals surface area contributed by atoms with Gasteiger partial charge < -0.3 is 5.32 Å². The van der Waals surface area contributed by atoms with Crippen molar-refractivity contribution >= 4 is 0 Å². The van der Waals surface area contributed by atoms with Crippen LogP contribution in [-0.2, 0) is 0 Å². The van der Waals surface area contributed by atoms with E-state index in [1.54, 1.807) is 0 Å². The molecule has 1 aliphatic heterocycles. The van der Waals surface area contributed by atoms with Crippen molar-refractivity contribution < 1.29 is 0 Å². The maximum absolute atomic E-state index is 3.28. The van der Waals surface area contributed by atoms with Gasteiger partial charge in [0.25, 0.3) is 0 Å².